The third-order valence-corrected chi connectivity index (χ3v) is 2.06. The van der Waals surface area contributed by atoms with Crippen LogP contribution in [0.15, 0.2) is 24.5 Å². The molecule has 4 nitrogen and oxygen atoms in total. The van der Waals surface area contributed by atoms with Gasteiger partial charge in [0, 0.05) is 12.4 Å². The molecule has 0 bridgehead atoms. The van der Waals surface area contributed by atoms with E-state index < -0.39 is 5.97 Å². The molecule has 0 aliphatic rings. The number of carboxylic acid groups (broad SMARTS) is 1. The smallest absolute Gasteiger partial charge is 0.337 e. The van der Waals surface area contributed by atoms with Gasteiger partial charge < -0.3 is 5.11 Å². The van der Waals surface area contributed by atoms with Crippen LogP contribution in [-0.2, 0) is 0 Å². The third-order valence-electron chi connectivity index (χ3n) is 2.06. The van der Waals surface area contributed by atoms with Gasteiger partial charge in [-0.15, -0.1) is 0 Å². The van der Waals surface area contributed by atoms with Gasteiger partial charge in [-0.25, -0.2) is 4.79 Å². The molecular formula is C10H8N2O2. The molecule has 2 rings (SSSR count). The Hall–Kier alpha value is -1.97. The summed E-state index contributed by atoms with van der Waals surface area (Å²) in [5.41, 5.74) is 2.21. The first-order valence-corrected chi connectivity index (χ1v) is 4.14. The van der Waals surface area contributed by atoms with Crippen molar-refractivity contribution >= 4 is 17.0 Å². The van der Waals surface area contributed by atoms with Crippen molar-refractivity contribution in [1.29, 1.82) is 0 Å². The molecule has 0 atom stereocenters. The molecule has 1 N–H and O–H groups in total. The third kappa shape index (κ3) is 1.21. The number of hydrogen-bond acceptors (Lipinski definition) is 3. The van der Waals surface area contributed by atoms with Gasteiger partial charge in [0.2, 0.25) is 0 Å². The Morgan fingerprint density at radius 1 is 1.21 bits per heavy atom. The number of nitrogens with zero attached hydrogens (tertiary/aromatic N) is 2. The molecule has 0 aliphatic heterocycles. The Morgan fingerprint density at radius 2 is 1.86 bits per heavy atom. The summed E-state index contributed by atoms with van der Waals surface area (Å²) in [4.78, 5) is 19.0. The Morgan fingerprint density at radius 3 is 2.50 bits per heavy atom. The van der Waals surface area contributed by atoms with Crippen molar-refractivity contribution in [1.82, 2.24) is 9.97 Å². The van der Waals surface area contributed by atoms with Crippen molar-refractivity contribution in [3.8, 4) is 0 Å². The fraction of sp³-hybridized carbons (Fsp3) is 0.100. The monoisotopic (exact) mass is 188 g/mol. The number of fused-ring (bicyclic) bond motifs is 1. The number of hydrogen-bond donors (Lipinski definition) is 1. The number of carboxylic acids is 1. The lowest BCUT2D eigenvalue weighted by Crippen LogP contribution is -2.00. The molecular weight excluding hydrogens is 180 g/mol. The van der Waals surface area contributed by atoms with Crippen molar-refractivity contribution in [2.24, 2.45) is 0 Å². The molecule has 0 fully saturated rings. The average Bonchev–Trinajstić information content (AvgIpc) is 2.18. The quantitative estimate of drug-likeness (QED) is 0.738. The van der Waals surface area contributed by atoms with E-state index in [0.29, 0.717) is 11.0 Å². The number of benzene rings is 1. The number of carbonyl (C=O) groups is 1. The highest BCUT2D eigenvalue weighted by molar-refractivity contribution is 6.01. The van der Waals surface area contributed by atoms with E-state index in [1.54, 1.807) is 18.3 Å². The summed E-state index contributed by atoms with van der Waals surface area (Å²) in [6.07, 6.45) is 3.05. The van der Waals surface area contributed by atoms with E-state index in [1.807, 2.05) is 6.92 Å². The van der Waals surface area contributed by atoms with Crippen molar-refractivity contribution in [2.75, 3.05) is 0 Å². The first-order chi connectivity index (χ1) is 6.70. The molecule has 2 aromatic rings. The van der Waals surface area contributed by atoms with E-state index in [1.165, 1.54) is 6.20 Å². The Balaban J connectivity index is 2.88. The second-order valence-corrected chi connectivity index (χ2v) is 2.99. The van der Waals surface area contributed by atoms with Gasteiger partial charge in [-0.05, 0) is 18.6 Å². The zero-order valence-electron chi connectivity index (χ0n) is 7.56. The predicted molar refractivity (Wildman–Crippen MR) is 51.2 cm³/mol. The highest BCUT2D eigenvalue weighted by Gasteiger charge is 2.10. The van der Waals surface area contributed by atoms with Crippen molar-refractivity contribution in [3.05, 3.63) is 35.7 Å². The molecule has 0 unspecified atom stereocenters. The van der Waals surface area contributed by atoms with Crippen molar-refractivity contribution < 1.29 is 9.90 Å². The summed E-state index contributed by atoms with van der Waals surface area (Å²) in [6, 6.07) is 3.29. The van der Waals surface area contributed by atoms with Gasteiger partial charge in [0.25, 0.3) is 0 Å². The zero-order valence-corrected chi connectivity index (χ0v) is 7.56. The van der Waals surface area contributed by atoms with Crippen LogP contribution in [0.25, 0.3) is 11.0 Å². The average molecular weight is 188 g/mol. The molecule has 0 saturated heterocycles. The van der Waals surface area contributed by atoms with Crippen LogP contribution in [-0.4, -0.2) is 21.0 Å². The van der Waals surface area contributed by atoms with Crippen molar-refractivity contribution in [3.63, 3.8) is 0 Å². The van der Waals surface area contributed by atoms with E-state index in [0.717, 1.165) is 5.56 Å². The maximum Gasteiger partial charge on any atom is 0.337 e. The fourth-order valence-electron chi connectivity index (χ4n) is 1.36. The van der Waals surface area contributed by atoms with Gasteiger partial charge in [-0.1, -0.05) is 6.07 Å². The first-order valence-electron chi connectivity index (χ1n) is 4.14. The van der Waals surface area contributed by atoms with Gasteiger partial charge in [0.15, 0.2) is 0 Å². The Bertz CT molecular complexity index is 508. The summed E-state index contributed by atoms with van der Waals surface area (Å²) in [5, 5.41) is 8.91. The van der Waals surface area contributed by atoms with E-state index >= 15 is 0 Å². The van der Waals surface area contributed by atoms with E-state index in [9.17, 15) is 4.79 Å². The number of aromatic carboxylic acids is 1. The summed E-state index contributed by atoms with van der Waals surface area (Å²) < 4.78 is 0. The summed E-state index contributed by atoms with van der Waals surface area (Å²) >= 11 is 0. The Kier molecular flexibility index (Phi) is 1.89. The van der Waals surface area contributed by atoms with Crippen molar-refractivity contribution in [2.45, 2.75) is 6.92 Å². The van der Waals surface area contributed by atoms with Crippen LogP contribution in [0, 0.1) is 6.92 Å². The molecule has 0 amide bonds. The molecule has 70 valence electrons. The minimum absolute atomic E-state index is 0.193. The largest absolute Gasteiger partial charge is 0.478 e. The molecule has 0 saturated carbocycles. The molecule has 1 aromatic carbocycles. The van der Waals surface area contributed by atoms with E-state index in [-0.39, 0.29) is 5.56 Å². The molecule has 4 heteroatoms. The van der Waals surface area contributed by atoms with Crippen LogP contribution in [0.1, 0.15) is 15.9 Å². The zero-order chi connectivity index (χ0) is 10.1. The van der Waals surface area contributed by atoms with Crippen LogP contribution >= 0.6 is 0 Å². The van der Waals surface area contributed by atoms with Gasteiger partial charge in [-0.3, -0.25) is 9.97 Å². The normalized spacial score (nSPS) is 10.4. The van der Waals surface area contributed by atoms with Crippen LogP contribution in [0.4, 0.5) is 0 Å². The van der Waals surface area contributed by atoms with E-state index in [4.69, 9.17) is 5.11 Å². The molecule has 1 aromatic heterocycles. The minimum atomic E-state index is -0.976. The lowest BCUT2D eigenvalue weighted by molar-refractivity contribution is 0.0699. The van der Waals surface area contributed by atoms with Gasteiger partial charge in [0.1, 0.15) is 5.52 Å². The lowest BCUT2D eigenvalue weighted by atomic mass is 10.1. The van der Waals surface area contributed by atoms with E-state index in [2.05, 4.69) is 9.97 Å². The Labute approximate surface area is 80.2 Å². The van der Waals surface area contributed by atoms with Crippen LogP contribution in [0.5, 0.6) is 0 Å². The maximum absolute atomic E-state index is 10.9. The fourth-order valence-corrected chi connectivity index (χ4v) is 1.36. The SMILES string of the molecule is Cc1ccc(C(=O)O)c2nccnc12. The summed E-state index contributed by atoms with van der Waals surface area (Å²) in [7, 11) is 0. The molecule has 1 heterocycles. The number of aromatic nitrogens is 2. The van der Waals surface area contributed by atoms with Crippen LogP contribution in [0.2, 0.25) is 0 Å². The van der Waals surface area contributed by atoms with Gasteiger partial charge >= 0.3 is 5.97 Å². The summed E-state index contributed by atoms with van der Waals surface area (Å²) in [5.74, 6) is -0.976. The number of aryl methyl sites for hydroxylation is 1. The second-order valence-electron chi connectivity index (χ2n) is 2.99. The minimum Gasteiger partial charge on any atom is -0.478 e. The number of rotatable bonds is 1. The topological polar surface area (TPSA) is 63.1 Å². The van der Waals surface area contributed by atoms with Crippen LogP contribution < -0.4 is 0 Å². The standard InChI is InChI=1S/C10H8N2O2/c1-6-2-3-7(10(13)14)9-8(6)11-4-5-12-9/h2-5H,1H3,(H,13,14). The highest BCUT2D eigenvalue weighted by Crippen LogP contribution is 2.17. The van der Waals surface area contributed by atoms with Gasteiger partial charge in [-0.2, -0.15) is 0 Å². The molecule has 0 radical (unpaired) electrons. The van der Waals surface area contributed by atoms with Crippen LogP contribution in [0.3, 0.4) is 0 Å². The van der Waals surface area contributed by atoms with Gasteiger partial charge in [0.05, 0.1) is 11.1 Å². The highest BCUT2D eigenvalue weighted by atomic mass is 16.4. The maximum atomic E-state index is 10.9. The second kappa shape index (κ2) is 3.06. The first kappa shape index (κ1) is 8.62. The molecule has 0 aliphatic carbocycles. The molecule has 0 spiro atoms. The predicted octanol–water partition coefficient (Wildman–Crippen LogP) is 1.64. The summed E-state index contributed by atoms with van der Waals surface area (Å²) in [6.45, 7) is 1.88. The molecule has 14 heavy (non-hydrogen) atoms. The lowest BCUT2D eigenvalue weighted by Gasteiger charge is -2.02.